The molecule has 5 heteroatoms. The zero-order valence-electron chi connectivity index (χ0n) is 15.9. The summed E-state index contributed by atoms with van der Waals surface area (Å²) in [5.74, 6) is 0.532. The van der Waals surface area contributed by atoms with Crippen molar-refractivity contribution in [2.24, 2.45) is 0 Å². The van der Waals surface area contributed by atoms with Crippen LogP contribution in [-0.4, -0.2) is 23.1 Å². The average molecular weight is 384 g/mol. The molecule has 0 saturated carbocycles. The van der Waals surface area contributed by atoms with E-state index in [0.717, 1.165) is 27.8 Å². The summed E-state index contributed by atoms with van der Waals surface area (Å²) in [5.41, 5.74) is 4.26. The highest BCUT2D eigenvalue weighted by atomic mass is 16.5. The van der Waals surface area contributed by atoms with Crippen LogP contribution >= 0.6 is 0 Å². The van der Waals surface area contributed by atoms with E-state index in [2.05, 4.69) is 5.32 Å². The number of hydrogen-bond donors (Lipinski definition) is 2. The number of nitrogens with one attached hydrogen (secondary N) is 1. The van der Waals surface area contributed by atoms with Crippen LogP contribution < -0.4 is 10.1 Å². The number of benzene rings is 3. The maximum atomic E-state index is 13.1. The third-order valence-corrected chi connectivity index (χ3v) is 4.71. The van der Waals surface area contributed by atoms with Crippen LogP contribution in [0.25, 0.3) is 22.2 Å². The van der Waals surface area contributed by atoms with Gasteiger partial charge in [0, 0.05) is 16.6 Å². The van der Waals surface area contributed by atoms with Crippen LogP contribution in [0.3, 0.4) is 0 Å². The Labute approximate surface area is 168 Å². The number of carbonyl (C=O) groups is 1. The van der Waals surface area contributed by atoms with E-state index in [1.165, 1.54) is 0 Å². The molecule has 0 atom stereocenters. The van der Waals surface area contributed by atoms with Crippen LogP contribution in [0, 0.1) is 0 Å². The van der Waals surface area contributed by atoms with Crippen molar-refractivity contribution in [3.8, 4) is 17.0 Å². The molecule has 1 aromatic heterocycles. The first kappa shape index (κ1) is 18.7. The number of aliphatic hydroxyl groups excluding tert-OH is 1. The van der Waals surface area contributed by atoms with Crippen LogP contribution in [0.2, 0.25) is 0 Å². The molecule has 0 bridgehead atoms. The molecule has 144 valence electrons. The lowest BCUT2D eigenvalue weighted by atomic mass is 10.0. The zero-order valence-corrected chi connectivity index (χ0v) is 15.9. The van der Waals surface area contributed by atoms with Gasteiger partial charge in [-0.3, -0.25) is 4.79 Å². The number of amides is 1. The van der Waals surface area contributed by atoms with Gasteiger partial charge in [0.2, 0.25) is 0 Å². The first-order valence-electron chi connectivity index (χ1n) is 9.23. The van der Waals surface area contributed by atoms with Gasteiger partial charge in [0.25, 0.3) is 5.91 Å². The van der Waals surface area contributed by atoms with Crippen molar-refractivity contribution in [1.82, 2.24) is 4.98 Å². The van der Waals surface area contributed by atoms with Gasteiger partial charge in [0.1, 0.15) is 5.75 Å². The largest absolute Gasteiger partial charge is 0.497 e. The summed E-state index contributed by atoms with van der Waals surface area (Å²) >= 11 is 0. The Kier molecular flexibility index (Phi) is 5.22. The van der Waals surface area contributed by atoms with E-state index in [1.54, 1.807) is 37.4 Å². The summed E-state index contributed by atoms with van der Waals surface area (Å²) in [6, 6.07) is 24.1. The number of anilines is 1. The third-order valence-electron chi connectivity index (χ3n) is 4.71. The van der Waals surface area contributed by atoms with Gasteiger partial charge in [-0.1, -0.05) is 30.3 Å². The normalized spacial score (nSPS) is 10.7. The highest BCUT2D eigenvalue weighted by molar-refractivity contribution is 6.13. The monoisotopic (exact) mass is 384 g/mol. The number of rotatable bonds is 5. The minimum atomic E-state index is -0.228. The number of para-hydroxylation sites is 1. The fourth-order valence-corrected chi connectivity index (χ4v) is 3.22. The first-order valence-corrected chi connectivity index (χ1v) is 9.23. The molecule has 4 aromatic rings. The average Bonchev–Trinajstić information content (AvgIpc) is 2.78. The summed E-state index contributed by atoms with van der Waals surface area (Å²) in [6.45, 7) is -0.0798. The molecule has 2 N–H and O–H groups in total. The summed E-state index contributed by atoms with van der Waals surface area (Å²) in [6.07, 6.45) is 0. The number of pyridine rings is 1. The Hall–Kier alpha value is -3.70. The summed E-state index contributed by atoms with van der Waals surface area (Å²) in [7, 11) is 1.62. The van der Waals surface area contributed by atoms with Crippen molar-refractivity contribution >= 4 is 22.5 Å². The maximum Gasteiger partial charge on any atom is 0.256 e. The molecule has 29 heavy (non-hydrogen) atoms. The predicted molar refractivity (Wildman–Crippen MR) is 114 cm³/mol. The molecule has 1 heterocycles. The summed E-state index contributed by atoms with van der Waals surface area (Å²) < 4.78 is 5.22. The van der Waals surface area contributed by atoms with Gasteiger partial charge in [-0.25, -0.2) is 4.98 Å². The standard InChI is InChI=1S/C24H20N2O3/c1-29-19-11-9-17(10-12-19)23-14-21(20-7-2-3-8-22(20)26-23)24(28)25-18-6-4-5-16(13-18)15-27/h2-14,27H,15H2,1H3,(H,25,28). The number of aliphatic hydroxyl groups is 1. The molecule has 1 amide bonds. The Morgan fingerprint density at radius 1 is 1.00 bits per heavy atom. The van der Waals surface area contributed by atoms with Crippen molar-refractivity contribution in [1.29, 1.82) is 0 Å². The molecular weight excluding hydrogens is 364 g/mol. The van der Waals surface area contributed by atoms with E-state index < -0.39 is 0 Å². The fraction of sp³-hybridized carbons (Fsp3) is 0.0833. The minimum absolute atomic E-state index is 0.0798. The minimum Gasteiger partial charge on any atom is -0.497 e. The molecule has 0 spiro atoms. The second-order valence-electron chi connectivity index (χ2n) is 6.61. The van der Waals surface area contributed by atoms with Crippen LogP contribution in [0.5, 0.6) is 5.75 Å². The zero-order chi connectivity index (χ0) is 20.2. The maximum absolute atomic E-state index is 13.1. The van der Waals surface area contributed by atoms with Crippen molar-refractivity contribution in [2.75, 3.05) is 12.4 Å². The molecule has 4 rings (SSSR count). The third kappa shape index (κ3) is 3.95. The van der Waals surface area contributed by atoms with Crippen molar-refractivity contribution < 1.29 is 14.6 Å². The quantitative estimate of drug-likeness (QED) is 0.525. The van der Waals surface area contributed by atoms with Crippen LogP contribution in [0.15, 0.2) is 78.9 Å². The lowest BCUT2D eigenvalue weighted by Crippen LogP contribution is -2.13. The van der Waals surface area contributed by atoms with Gasteiger partial charge in [0.05, 0.1) is 30.5 Å². The van der Waals surface area contributed by atoms with Gasteiger partial charge in [-0.2, -0.15) is 0 Å². The number of methoxy groups -OCH3 is 1. The van der Waals surface area contributed by atoms with Crippen molar-refractivity contribution in [3.63, 3.8) is 0 Å². The second kappa shape index (κ2) is 8.12. The van der Waals surface area contributed by atoms with Crippen LogP contribution in [-0.2, 0) is 6.61 Å². The van der Waals surface area contributed by atoms with Gasteiger partial charge in [-0.15, -0.1) is 0 Å². The highest BCUT2D eigenvalue weighted by Gasteiger charge is 2.14. The number of fused-ring (bicyclic) bond motifs is 1. The van der Waals surface area contributed by atoms with E-state index in [9.17, 15) is 9.90 Å². The summed E-state index contributed by atoms with van der Waals surface area (Å²) in [5, 5.41) is 13.0. The molecule has 0 saturated heterocycles. The summed E-state index contributed by atoms with van der Waals surface area (Å²) in [4.78, 5) is 17.8. The Balaban J connectivity index is 1.76. The van der Waals surface area contributed by atoms with E-state index >= 15 is 0 Å². The molecule has 0 unspecified atom stereocenters. The van der Waals surface area contributed by atoms with Gasteiger partial charge >= 0.3 is 0 Å². The number of ether oxygens (including phenoxy) is 1. The number of hydrogen-bond acceptors (Lipinski definition) is 4. The van der Waals surface area contributed by atoms with Crippen molar-refractivity contribution in [2.45, 2.75) is 6.61 Å². The number of aromatic nitrogens is 1. The Bertz CT molecular complexity index is 1170. The first-order chi connectivity index (χ1) is 14.2. The van der Waals surface area contributed by atoms with E-state index in [-0.39, 0.29) is 12.5 Å². The van der Waals surface area contributed by atoms with E-state index in [1.807, 2.05) is 48.5 Å². The molecule has 0 radical (unpaired) electrons. The highest BCUT2D eigenvalue weighted by Crippen LogP contribution is 2.27. The lowest BCUT2D eigenvalue weighted by molar-refractivity contribution is 0.102. The van der Waals surface area contributed by atoms with Gasteiger partial charge in [0.15, 0.2) is 0 Å². The molecule has 0 fully saturated rings. The second-order valence-corrected chi connectivity index (χ2v) is 6.61. The van der Waals surface area contributed by atoms with Gasteiger partial charge < -0.3 is 15.2 Å². The van der Waals surface area contributed by atoms with Crippen LogP contribution in [0.4, 0.5) is 5.69 Å². The predicted octanol–water partition coefficient (Wildman–Crippen LogP) is 4.66. The molecule has 0 aliphatic carbocycles. The fourth-order valence-electron chi connectivity index (χ4n) is 3.22. The lowest BCUT2D eigenvalue weighted by Gasteiger charge is -2.11. The Morgan fingerprint density at radius 3 is 2.55 bits per heavy atom. The van der Waals surface area contributed by atoms with Gasteiger partial charge in [-0.05, 0) is 54.1 Å². The van der Waals surface area contributed by atoms with Crippen molar-refractivity contribution in [3.05, 3.63) is 90.0 Å². The van der Waals surface area contributed by atoms with Crippen LogP contribution in [0.1, 0.15) is 15.9 Å². The molecular formula is C24H20N2O3. The smallest absolute Gasteiger partial charge is 0.256 e. The molecule has 0 aliphatic heterocycles. The van der Waals surface area contributed by atoms with E-state index in [4.69, 9.17) is 9.72 Å². The van der Waals surface area contributed by atoms with E-state index in [0.29, 0.717) is 16.9 Å². The molecule has 0 aliphatic rings. The Morgan fingerprint density at radius 2 is 1.79 bits per heavy atom. The molecule has 3 aromatic carbocycles. The molecule has 5 nitrogen and oxygen atoms in total. The topological polar surface area (TPSA) is 71.5 Å². The SMILES string of the molecule is COc1ccc(-c2cc(C(=O)Nc3cccc(CO)c3)c3ccccc3n2)cc1. The number of nitrogens with zero attached hydrogens (tertiary/aromatic N) is 1. The number of carbonyl (C=O) groups excluding carboxylic acids is 1.